The van der Waals surface area contributed by atoms with Gasteiger partial charge in [0, 0.05) is 23.0 Å². The molecule has 0 fully saturated rings. The number of halogens is 2. The van der Waals surface area contributed by atoms with Crippen molar-refractivity contribution >= 4 is 29.1 Å². The van der Waals surface area contributed by atoms with E-state index in [4.69, 9.17) is 23.2 Å². The molecule has 0 radical (unpaired) electrons. The molecule has 0 bridgehead atoms. The molecule has 0 spiro atoms. The lowest BCUT2D eigenvalue weighted by molar-refractivity contribution is 0.0950. The van der Waals surface area contributed by atoms with Crippen LogP contribution in [0, 0.1) is 6.92 Å². The minimum Gasteiger partial charge on any atom is -0.348 e. The number of rotatable bonds is 4. The van der Waals surface area contributed by atoms with Gasteiger partial charge >= 0.3 is 0 Å². The second kappa shape index (κ2) is 6.78. The molecule has 0 saturated heterocycles. The fourth-order valence-electron chi connectivity index (χ4n) is 1.94. The number of hydrogen-bond acceptors (Lipinski definition) is 1. The molecule has 4 heteroatoms. The van der Waals surface area contributed by atoms with Crippen molar-refractivity contribution in [2.24, 2.45) is 0 Å². The number of hydrogen-bond donors (Lipinski definition) is 1. The van der Waals surface area contributed by atoms with Crippen LogP contribution in [-0.2, 0) is 12.4 Å². The van der Waals surface area contributed by atoms with Crippen molar-refractivity contribution in [2.45, 2.75) is 19.3 Å². The molecule has 1 amide bonds. The van der Waals surface area contributed by atoms with Gasteiger partial charge in [-0.25, -0.2) is 0 Å². The van der Waals surface area contributed by atoms with Gasteiger partial charge in [-0.3, -0.25) is 4.79 Å². The molecule has 0 aliphatic carbocycles. The predicted molar refractivity (Wildman–Crippen MR) is 83.4 cm³/mol. The number of amides is 1. The van der Waals surface area contributed by atoms with Crippen molar-refractivity contribution in [3.8, 4) is 0 Å². The first-order valence-electron chi connectivity index (χ1n) is 6.28. The smallest absolute Gasteiger partial charge is 0.251 e. The molecule has 0 aliphatic rings. The summed E-state index contributed by atoms with van der Waals surface area (Å²) in [5.74, 6) is 0.344. The molecule has 0 aromatic heterocycles. The van der Waals surface area contributed by atoms with Crippen molar-refractivity contribution in [3.05, 3.63) is 69.7 Å². The minimum atomic E-state index is -0.124. The summed E-state index contributed by atoms with van der Waals surface area (Å²) < 4.78 is 0. The monoisotopic (exact) mass is 307 g/mol. The number of alkyl halides is 1. The molecule has 0 aliphatic heterocycles. The molecule has 20 heavy (non-hydrogen) atoms. The normalized spacial score (nSPS) is 10.3. The SMILES string of the molecule is Cc1ccc(Cl)cc1C(=O)NCc1cccc(CCl)c1. The zero-order valence-electron chi connectivity index (χ0n) is 11.1. The van der Waals surface area contributed by atoms with E-state index in [0.29, 0.717) is 23.0 Å². The summed E-state index contributed by atoms with van der Waals surface area (Å²) in [5.41, 5.74) is 3.57. The van der Waals surface area contributed by atoms with E-state index in [2.05, 4.69) is 5.32 Å². The van der Waals surface area contributed by atoms with Gasteiger partial charge < -0.3 is 5.32 Å². The Morgan fingerprint density at radius 3 is 2.65 bits per heavy atom. The average molecular weight is 308 g/mol. The van der Waals surface area contributed by atoms with Gasteiger partial charge in [0.05, 0.1) is 0 Å². The highest BCUT2D eigenvalue weighted by atomic mass is 35.5. The van der Waals surface area contributed by atoms with Crippen LogP contribution in [0.5, 0.6) is 0 Å². The molecule has 0 heterocycles. The summed E-state index contributed by atoms with van der Waals surface area (Å²) >= 11 is 11.7. The highest BCUT2D eigenvalue weighted by Crippen LogP contribution is 2.15. The maximum atomic E-state index is 12.1. The van der Waals surface area contributed by atoms with E-state index in [1.165, 1.54) is 0 Å². The lowest BCUT2D eigenvalue weighted by atomic mass is 10.1. The van der Waals surface area contributed by atoms with Gasteiger partial charge in [0.2, 0.25) is 0 Å². The van der Waals surface area contributed by atoms with Crippen LogP contribution in [0.15, 0.2) is 42.5 Å². The third-order valence-corrected chi connectivity index (χ3v) is 3.59. The third kappa shape index (κ3) is 3.75. The molecule has 0 atom stereocenters. The quantitative estimate of drug-likeness (QED) is 0.838. The van der Waals surface area contributed by atoms with Crippen LogP contribution in [-0.4, -0.2) is 5.91 Å². The van der Waals surface area contributed by atoms with E-state index >= 15 is 0 Å². The maximum Gasteiger partial charge on any atom is 0.251 e. The maximum absolute atomic E-state index is 12.1. The first-order chi connectivity index (χ1) is 9.60. The van der Waals surface area contributed by atoms with Crippen LogP contribution < -0.4 is 5.32 Å². The van der Waals surface area contributed by atoms with Crippen molar-refractivity contribution in [1.29, 1.82) is 0 Å². The first-order valence-corrected chi connectivity index (χ1v) is 7.19. The van der Waals surface area contributed by atoms with Crippen molar-refractivity contribution < 1.29 is 4.79 Å². The Bertz CT molecular complexity index is 626. The standard InChI is InChI=1S/C16H15Cl2NO/c1-11-5-6-14(18)8-15(11)16(20)19-10-13-4-2-3-12(7-13)9-17/h2-8H,9-10H2,1H3,(H,19,20). The Balaban J connectivity index is 2.06. The number of carbonyl (C=O) groups is 1. The largest absolute Gasteiger partial charge is 0.348 e. The molecule has 2 rings (SSSR count). The van der Waals surface area contributed by atoms with Gasteiger partial charge in [0.15, 0.2) is 0 Å². The highest BCUT2D eigenvalue weighted by Gasteiger charge is 2.09. The number of carbonyl (C=O) groups excluding carboxylic acids is 1. The zero-order chi connectivity index (χ0) is 14.5. The van der Waals surface area contributed by atoms with E-state index < -0.39 is 0 Å². The lowest BCUT2D eigenvalue weighted by Crippen LogP contribution is -2.23. The average Bonchev–Trinajstić information content (AvgIpc) is 2.47. The van der Waals surface area contributed by atoms with E-state index in [1.807, 2.05) is 37.3 Å². The Kier molecular flexibility index (Phi) is 5.05. The van der Waals surface area contributed by atoms with E-state index in [0.717, 1.165) is 16.7 Å². The Morgan fingerprint density at radius 2 is 1.90 bits per heavy atom. The molecule has 0 unspecified atom stereocenters. The van der Waals surface area contributed by atoms with Crippen LogP contribution in [0.1, 0.15) is 27.0 Å². The van der Waals surface area contributed by atoms with Crippen LogP contribution in [0.4, 0.5) is 0 Å². The number of aryl methyl sites for hydroxylation is 1. The van der Waals surface area contributed by atoms with Gasteiger partial charge in [0.1, 0.15) is 0 Å². The fourth-order valence-corrected chi connectivity index (χ4v) is 2.28. The highest BCUT2D eigenvalue weighted by molar-refractivity contribution is 6.31. The molecule has 2 nitrogen and oxygen atoms in total. The topological polar surface area (TPSA) is 29.1 Å². The Morgan fingerprint density at radius 1 is 1.15 bits per heavy atom. The second-order valence-corrected chi connectivity index (χ2v) is 5.30. The molecule has 2 aromatic rings. The lowest BCUT2D eigenvalue weighted by Gasteiger charge is -2.09. The van der Waals surface area contributed by atoms with Gasteiger partial charge in [-0.15, -0.1) is 11.6 Å². The molecular formula is C16H15Cl2NO. The van der Waals surface area contributed by atoms with Gasteiger partial charge in [-0.1, -0.05) is 41.9 Å². The summed E-state index contributed by atoms with van der Waals surface area (Å²) in [6.07, 6.45) is 0. The number of nitrogens with one attached hydrogen (secondary N) is 1. The van der Waals surface area contributed by atoms with Crippen LogP contribution in [0.2, 0.25) is 5.02 Å². The summed E-state index contributed by atoms with van der Waals surface area (Å²) in [5, 5.41) is 3.45. The van der Waals surface area contributed by atoms with Crippen molar-refractivity contribution in [2.75, 3.05) is 0 Å². The van der Waals surface area contributed by atoms with Crippen LogP contribution >= 0.6 is 23.2 Å². The fraction of sp³-hybridized carbons (Fsp3) is 0.188. The van der Waals surface area contributed by atoms with Gasteiger partial charge in [-0.05, 0) is 35.7 Å². The molecular weight excluding hydrogens is 293 g/mol. The first kappa shape index (κ1) is 14.9. The summed E-state index contributed by atoms with van der Waals surface area (Å²) in [7, 11) is 0. The summed E-state index contributed by atoms with van der Waals surface area (Å²) in [6.45, 7) is 2.36. The van der Waals surface area contributed by atoms with Crippen LogP contribution in [0.3, 0.4) is 0 Å². The molecule has 0 saturated carbocycles. The molecule has 104 valence electrons. The van der Waals surface area contributed by atoms with E-state index in [9.17, 15) is 4.79 Å². The number of benzene rings is 2. The molecule has 2 aromatic carbocycles. The third-order valence-electron chi connectivity index (χ3n) is 3.04. The second-order valence-electron chi connectivity index (χ2n) is 4.60. The van der Waals surface area contributed by atoms with Gasteiger partial charge in [0.25, 0.3) is 5.91 Å². The van der Waals surface area contributed by atoms with Gasteiger partial charge in [-0.2, -0.15) is 0 Å². The van der Waals surface area contributed by atoms with E-state index in [1.54, 1.807) is 12.1 Å². The molecule has 1 N–H and O–H groups in total. The minimum absolute atomic E-state index is 0.124. The summed E-state index contributed by atoms with van der Waals surface area (Å²) in [6, 6.07) is 13.1. The van der Waals surface area contributed by atoms with E-state index in [-0.39, 0.29) is 5.91 Å². The Labute approximate surface area is 128 Å². The Hall–Kier alpha value is -1.51. The zero-order valence-corrected chi connectivity index (χ0v) is 12.6. The van der Waals surface area contributed by atoms with Crippen LogP contribution in [0.25, 0.3) is 0 Å². The predicted octanol–water partition coefficient (Wildman–Crippen LogP) is 4.32. The van der Waals surface area contributed by atoms with Crippen molar-refractivity contribution in [3.63, 3.8) is 0 Å². The van der Waals surface area contributed by atoms with Crippen molar-refractivity contribution in [1.82, 2.24) is 5.32 Å². The summed E-state index contributed by atoms with van der Waals surface area (Å²) in [4.78, 5) is 12.1.